The Morgan fingerprint density at radius 1 is 0.929 bits per heavy atom. The molecule has 146 valence electrons. The lowest BCUT2D eigenvalue weighted by Gasteiger charge is -2.11. The van der Waals surface area contributed by atoms with Gasteiger partial charge >= 0.3 is 0 Å². The summed E-state index contributed by atoms with van der Waals surface area (Å²) in [6.07, 6.45) is 0.825. The first kappa shape index (κ1) is 18.5. The van der Waals surface area contributed by atoms with Crippen molar-refractivity contribution in [2.45, 2.75) is 32.4 Å². The van der Waals surface area contributed by atoms with Gasteiger partial charge in [-0.05, 0) is 49.1 Å². The van der Waals surface area contributed by atoms with Gasteiger partial charge in [-0.1, -0.05) is 23.4 Å². The summed E-state index contributed by atoms with van der Waals surface area (Å²) in [5.41, 5.74) is 11.2. The van der Waals surface area contributed by atoms with E-state index in [0.717, 1.165) is 12.0 Å². The molecule has 2 heterocycles. The number of aryl methyl sites for hydroxylation is 2. The fraction of sp³-hybridized carbons (Fsp3) is 0.333. The van der Waals surface area contributed by atoms with Crippen molar-refractivity contribution in [2.24, 2.45) is 0 Å². The van der Waals surface area contributed by atoms with Crippen molar-refractivity contribution in [3.8, 4) is 22.9 Å². The van der Waals surface area contributed by atoms with Crippen molar-refractivity contribution in [2.75, 3.05) is 14.2 Å². The van der Waals surface area contributed by atoms with E-state index in [4.69, 9.17) is 14.0 Å². The second-order valence-corrected chi connectivity index (χ2v) is 7.03. The van der Waals surface area contributed by atoms with Crippen LogP contribution in [0, 0.1) is 13.8 Å². The molecule has 2 unspecified atom stereocenters. The number of hydrazine groups is 1. The predicted molar refractivity (Wildman–Crippen MR) is 105 cm³/mol. The zero-order valence-corrected chi connectivity index (χ0v) is 16.4. The van der Waals surface area contributed by atoms with Crippen LogP contribution in [0.25, 0.3) is 11.4 Å². The molecule has 1 aromatic heterocycles. The number of hydrogen-bond acceptors (Lipinski definition) is 7. The van der Waals surface area contributed by atoms with E-state index in [1.807, 2.05) is 12.1 Å². The Labute approximate surface area is 164 Å². The van der Waals surface area contributed by atoms with E-state index in [0.29, 0.717) is 23.2 Å². The quantitative estimate of drug-likeness (QED) is 0.699. The zero-order chi connectivity index (χ0) is 19.7. The Kier molecular flexibility index (Phi) is 5.02. The summed E-state index contributed by atoms with van der Waals surface area (Å²) in [6, 6.07) is 12.2. The van der Waals surface area contributed by atoms with E-state index < -0.39 is 0 Å². The molecule has 2 atom stereocenters. The van der Waals surface area contributed by atoms with Crippen LogP contribution in [-0.2, 0) is 0 Å². The van der Waals surface area contributed by atoms with Crippen LogP contribution < -0.4 is 20.3 Å². The third kappa shape index (κ3) is 3.58. The molecule has 1 aliphatic heterocycles. The van der Waals surface area contributed by atoms with E-state index in [1.165, 1.54) is 16.7 Å². The summed E-state index contributed by atoms with van der Waals surface area (Å²) in [4.78, 5) is 4.58. The van der Waals surface area contributed by atoms with Crippen LogP contribution in [0.1, 0.15) is 41.1 Å². The van der Waals surface area contributed by atoms with Gasteiger partial charge in [0.25, 0.3) is 0 Å². The third-order valence-electron chi connectivity index (χ3n) is 5.19. The Bertz CT molecular complexity index is 963. The highest BCUT2D eigenvalue weighted by Gasteiger charge is 2.30. The number of hydrogen-bond donors (Lipinski definition) is 2. The lowest BCUT2D eigenvalue weighted by atomic mass is 9.98. The third-order valence-corrected chi connectivity index (χ3v) is 5.19. The largest absolute Gasteiger partial charge is 0.497 e. The van der Waals surface area contributed by atoms with E-state index in [9.17, 15) is 0 Å². The molecule has 0 amide bonds. The van der Waals surface area contributed by atoms with Crippen LogP contribution in [0.15, 0.2) is 40.9 Å². The molecule has 3 aromatic rings. The van der Waals surface area contributed by atoms with Crippen molar-refractivity contribution in [3.63, 3.8) is 0 Å². The highest BCUT2D eigenvalue weighted by molar-refractivity contribution is 5.60. The molecule has 4 rings (SSSR count). The number of nitrogens with one attached hydrogen (secondary N) is 2. The Hall–Kier alpha value is -2.90. The maximum absolute atomic E-state index is 5.53. The van der Waals surface area contributed by atoms with E-state index in [1.54, 1.807) is 20.3 Å². The van der Waals surface area contributed by atoms with Gasteiger partial charge in [0.05, 0.1) is 14.2 Å². The number of nitrogens with zero attached hydrogens (tertiary/aromatic N) is 2. The highest BCUT2D eigenvalue weighted by atomic mass is 16.5. The molecule has 0 aliphatic carbocycles. The Morgan fingerprint density at radius 3 is 2.32 bits per heavy atom. The molecule has 2 N–H and O–H groups in total. The minimum absolute atomic E-state index is 0.0552. The van der Waals surface area contributed by atoms with Crippen LogP contribution in [0.3, 0.4) is 0 Å². The average Bonchev–Trinajstić information content (AvgIpc) is 3.39. The standard InChI is InChI=1S/C21H24N4O3/c1-12-5-6-14(7-13(12)2)18-11-19(24-23-18)21-22-20(25-28-21)15-8-16(26-3)10-17(9-15)27-4/h5-10,18-19,23-24H,11H2,1-4H3. The van der Waals surface area contributed by atoms with E-state index in [-0.39, 0.29) is 12.1 Å². The van der Waals surface area contributed by atoms with Gasteiger partial charge in [-0.3, -0.25) is 0 Å². The number of ether oxygens (including phenoxy) is 2. The lowest BCUT2D eigenvalue weighted by Crippen LogP contribution is -2.26. The summed E-state index contributed by atoms with van der Waals surface area (Å²) < 4.78 is 16.2. The van der Waals surface area contributed by atoms with Crippen LogP contribution in [-0.4, -0.2) is 24.4 Å². The fourth-order valence-corrected chi connectivity index (χ4v) is 3.35. The minimum Gasteiger partial charge on any atom is -0.497 e. The molecule has 1 fully saturated rings. The molecule has 2 aromatic carbocycles. The van der Waals surface area contributed by atoms with Gasteiger partial charge in [-0.2, -0.15) is 4.98 Å². The molecule has 1 aliphatic rings. The molecule has 7 heteroatoms. The van der Waals surface area contributed by atoms with Gasteiger partial charge in [0.15, 0.2) is 0 Å². The first-order chi connectivity index (χ1) is 13.6. The number of benzene rings is 2. The van der Waals surface area contributed by atoms with Crippen LogP contribution >= 0.6 is 0 Å². The lowest BCUT2D eigenvalue weighted by molar-refractivity contribution is 0.340. The summed E-state index contributed by atoms with van der Waals surface area (Å²) in [7, 11) is 3.22. The van der Waals surface area contributed by atoms with Gasteiger partial charge in [-0.25, -0.2) is 10.9 Å². The minimum atomic E-state index is -0.0552. The normalized spacial score (nSPS) is 19.0. The summed E-state index contributed by atoms with van der Waals surface area (Å²) in [5.74, 6) is 2.41. The first-order valence-corrected chi connectivity index (χ1v) is 9.22. The monoisotopic (exact) mass is 380 g/mol. The van der Waals surface area contributed by atoms with Crippen molar-refractivity contribution in [3.05, 3.63) is 59.0 Å². The average molecular weight is 380 g/mol. The van der Waals surface area contributed by atoms with Crippen LogP contribution in [0.5, 0.6) is 11.5 Å². The maximum Gasteiger partial charge on any atom is 0.245 e. The number of rotatable bonds is 5. The molecule has 28 heavy (non-hydrogen) atoms. The Morgan fingerprint density at radius 2 is 1.64 bits per heavy atom. The molecular formula is C21H24N4O3. The molecule has 0 radical (unpaired) electrons. The zero-order valence-electron chi connectivity index (χ0n) is 16.4. The smallest absolute Gasteiger partial charge is 0.245 e. The molecule has 1 saturated heterocycles. The predicted octanol–water partition coefficient (Wildman–Crippen LogP) is 3.65. The van der Waals surface area contributed by atoms with Gasteiger partial charge in [0, 0.05) is 17.7 Å². The molecule has 0 saturated carbocycles. The van der Waals surface area contributed by atoms with Gasteiger partial charge in [0.2, 0.25) is 11.7 Å². The molecule has 0 bridgehead atoms. The molecular weight excluding hydrogens is 356 g/mol. The maximum atomic E-state index is 5.53. The van der Waals surface area contributed by atoms with Crippen molar-refractivity contribution in [1.82, 2.24) is 21.0 Å². The fourth-order valence-electron chi connectivity index (χ4n) is 3.35. The van der Waals surface area contributed by atoms with Crippen LogP contribution in [0.4, 0.5) is 0 Å². The van der Waals surface area contributed by atoms with Gasteiger partial charge in [-0.15, -0.1) is 0 Å². The van der Waals surface area contributed by atoms with Gasteiger partial charge in [0.1, 0.15) is 17.5 Å². The van der Waals surface area contributed by atoms with Crippen LogP contribution in [0.2, 0.25) is 0 Å². The van der Waals surface area contributed by atoms with Gasteiger partial charge < -0.3 is 14.0 Å². The summed E-state index contributed by atoms with van der Waals surface area (Å²) >= 11 is 0. The number of aromatic nitrogens is 2. The van der Waals surface area contributed by atoms with E-state index in [2.05, 4.69) is 53.0 Å². The highest BCUT2D eigenvalue weighted by Crippen LogP contribution is 2.33. The Balaban J connectivity index is 1.53. The summed E-state index contributed by atoms with van der Waals surface area (Å²) in [5, 5.41) is 4.14. The second-order valence-electron chi connectivity index (χ2n) is 7.03. The number of methoxy groups -OCH3 is 2. The van der Waals surface area contributed by atoms with E-state index >= 15 is 0 Å². The first-order valence-electron chi connectivity index (χ1n) is 9.22. The second kappa shape index (κ2) is 7.61. The SMILES string of the molecule is COc1cc(OC)cc(-c2noc(C3CC(c4ccc(C)c(C)c4)NN3)n2)c1. The van der Waals surface area contributed by atoms with Crippen molar-refractivity contribution < 1.29 is 14.0 Å². The molecule has 7 nitrogen and oxygen atoms in total. The van der Waals surface area contributed by atoms with Crippen molar-refractivity contribution in [1.29, 1.82) is 0 Å². The summed E-state index contributed by atoms with van der Waals surface area (Å²) in [6.45, 7) is 4.25. The van der Waals surface area contributed by atoms with Crippen molar-refractivity contribution >= 4 is 0 Å². The topological polar surface area (TPSA) is 81.4 Å². The molecule has 0 spiro atoms.